The van der Waals surface area contributed by atoms with Crippen molar-refractivity contribution < 1.29 is 27.4 Å². The third kappa shape index (κ3) is 5.33. The average Bonchev–Trinajstić information content (AvgIpc) is 2.73. The van der Waals surface area contributed by atoms with Crippen molar-refractivity contribution in [1.29, 1.82) is 0 Å². The Hall–Kier alpha value is -3.56. The molecule has 9 heteroatoms. The SMILES string of the molecule is COc1ccc(Oc2cc(C)ccc2C(=O)Nc2cccc(S(N)(=O)=O)c2)c(OC)c1. The van der Waals surface area contributed by atoms with E-state index in [4.69, 9.17) is 19.3 Å². The molecular weight excluding hydrogens is 420 g/mol. The highest BCUT2D eigenvalue weighted by Crippen LogP contribution is 2.36. The predicted molar refractivity (Wildman–Crippen MR) is 117 cm³/mol. The van der Waals surface area contributed by atoms with Crippen molar-refractivity contribution in [1.82, 2.24) is 0 Å². The molecule has 1 amide bonds. The van der Waals surface area contributed by atoms with Crippen molar-refractivity contribution in [3.8, 4) is 23.0 Å². The second-order valence-corrected chi connectivity index (χ2v) is 8.21. The summed E-state index contributed by atoms with van der Waals surface area (Å²) in [6, 6.07) is 15.9. The van der Waals surface area contributed by atoms with E-state index in [0.29, 0.717) is 23.0 Å². The van der Waals surface area contributed by atoms with Crippen molar-refractivity contribution in [3.05, 3.63) is 71.8 Å². The maximum Gasteiger partial charge on any atom is 0.259 e. The molecule has 0 unspecified atom stereocenters. The minimum atomic E-state index is -3.89. The van der Waals surface area contributed by atoms with Gasteiger partial charge in [0.15, 0.2) is 11.5 Å². The Labute approximate surface area is 180 Å². The molecule has 0 radical (unpaired) electrons. The predicted octanol–water partition coefficient (Wildman–Crippen LogP) is 3.70. The monoisotopic (exact) mass is 442 g/mol. The zero-order chi connectivity index (χ0) is 22.6. The first-order chi connectivity index (χ1) is 14.7. The van der Waals surface area contributed by atoms with Gasteiger partial charge in [0.1, 0.15) is 11.5 Å². The van der Waals surface area contributed by atoms with E-state index in [0.717, 1.165) is 5.56 Å². The average molecular weight is 442 g/mol. The fraction of sp³-hybridized carbons (Fsp3) is 0.136. The van der Waals surface area contributed by atoms with E-state index in [1.807, 2.05) is 6.92 Å². The van der Waals surface area contributed by atoms with Crippen LogP contribution in [0.15, 0.2) is 65.6 Å². The Morgan fingerprint density at radius 1 is 0.903 bits per heavy atom. The Balaban J connectivity index is 1.92. The van der Waals surface area contributed by atoms with Crippen LogP contribution in [-0.2, 0) is 10.0 Å². The molecule has 0 saturated heterocycles. The Morgan fingerprint density at radius 3 is 2.35 bits per heavy atom. The largest absolute Gasteiger partial charge is 0.497 e. The maximum atomic E-state index is 12.9. The third-order valence-electron chi connectivity index (χ3n) is 4.39. The number of hydrogen-bond acceptors (Lipinski definition) is 6. The van der Waals surface area contributed by atoms with E-state index < -0.39 is 15.9 Å². The fourth-order valence-corrected chi connectivity index (χ4v) is 3.39. The van der Waals surface area contributed by atoms with Gasteiger partial charge in [0.2, 0.25) is 10.0 Å². The number of benzene rings is 3. The topological polar surface area (TPSA) is 117 Å². The normalized spacial score (nSPS) is 11.0. The van der Waals surface area contributed by atoms with Gasteiger partial charge in [-0.25, -0.2) is 13.6 Å². The number of carbonyl (C=O) groups excluding carboxylic acids is 1. The van der Waals surface area contributed by atoms with Gasteiger partial charge in [0.05, 0.1) is 24.7 Å². The molecule has 8 nitrogen and oxygen atoms in total. The molecule has 0 fully saturated rings. The molecular formula is C22H22N2O6S. The number of anilines is 1. The number of rotatable bonds is 7. The molecule has 0 aliphatic carbocycles. The molecule has 0 heterocycles. The standard InChI is InChI=1S/C22H22N2O6S/c1-14-7-9-18(22(25)24-15-5-4-6-17(12-15)31(23,26)27)20(11-14)30-19-10-8-16(28-2)13-21(19)29-3/h4-13H,1-3H3,(H,24,25)(H2,23,26,27). The van der Waals surface area contributed by atoms with Crippen LogP contribution < -0.4 is 24.7 Å². The van der Waals surface area contributed by atoms with Crippen LogP contribution in [0.4, 0.5) is 5.69 Å². The summed E-state index contributed by atoms with van der Waals surface area (Å²) in [7, 11) is -0.845. The molecule has 0 aliphatic rings. The summed E-state index contributed by atoms with van der Waals surface area (Å²) in [6.07, 6.45) is 0. The smallest absolute Gasteiger partial charge is 0.259 e. The van der Waals surface area contributed by atoms with Crippen LogP contribution in [0.1, 0.15) is 15.9 Å². The zero-order valence-electron chi connectivity index (χ0n) is 17.2. The van der Waals surface area contributed by atoms with Crippen molar-refractivity contribution in [2.75, 3.05) is 19.5 Å². The highest BCUT2D eigenvalue weighted by Gasteiger charge is 2.17. The lowest BCUT2D eigenvalue weighted by molar-refractivity contribution is 0.102. The number of hydrogen-bond donors (Lipinski definition) is 2. The second-order valence-electron chi connectivity index (χ2n) is 6.65. The minimum absolute atomic E-state index is 0.103. The lowest BCUT2D eigenvalue weighted by Crippen LogP contribution is -2.15. The van der Waals surface area contributed by atoms with Gasteiger partial charge in [-0.15, -0.1) is 0 Å². The van der Waals surface area contributed by atoms with Crippen LogP contribution in [0.5, 0.6) is 23.0 Å². The first-order valence-corrected chi connectivity index (χ1v) is 10.7. The number of ether oxygens (including phenoxy) is 3. The lowest BCUT2D eigenvalue weighted by atomic mass is 10.1. The summed E-state index contributed by atoms with van der Waals surface area (Å²) >= 11 is 0. The third-order valence-corrected chi connectivity index (χ3v) is 5.30. The van der Waals surface area contributed by atoms with Gasteiger partial charge in [-0.3, -0.25) is 4.79 Å². The van der Waals surface area contributed by atoms with Gasteiger partial charge in [-0.05, 0) is 55.0 Å². The van der Waals surface area contributed by atoms with Gasteiger partial charge < -0.3 is 19.5 Å². The van der Waals surface area contributed by atoms with Crippen molar-refractivity contribution >= 4 is 21.6 Å². The summed E-state index contributed by atoms with van der Waals surface area (Å²) in [6.45, 7) is 1.87. The van der Waals surface area contributed by atoms with Gasteiger partial charge in [0.25, 0.3) is 5.91 Å². The quantitative estimate of drug-likeness (QED) is 0.576. The van der Waals surface area contributed by atoms with Crippen molar-refractivity contribution in [2.24, 2.45) is 5.14 Å². The van der Waals surface area contributed by atoms with E-state index in [2.05, 4.69) is 5.32 Å². The van der Waals surface area contributed by atoms with Crippen LogP contribution in [0.3, 0.4) is 0 Å². The number of sulfonamides is 1. The van der Waals surface area contributed by atoms with Crippen molar-refractivity contribution in [2.45, 2.75) is 11.8 Å². The second kappa shape index (κ2) is 9.07. The van der Waals surface area contributed by atoms with E-state index in [1.54, 1.807) is 49.6 Å². The van der Waals surface area contributed by atoms with Crippen molar-refractivity contribution in [3.63, 3.8) is 0 Å². The highest BCUT2D eigenvalue weighted by molar-refractivity contribution is 7.89. The zero-order valence-corrected chi connectivity index (χ0v) is 18.0. The summed E-state index contributed by atoms with van der Waals surface area (Å²) < 4.78 is 39.7. The molecule has 162 valence electrons. The lowest BCUT2D eigenvalue weighted by Gasteiger charge is -2.15. The van der Waals surface area contributed by atoms with E-state index in [-0.39, 0.29) is 16.1 Å². The van der Waals surface area contributed by atoms with Gasteiger partial charge in [-0.2, -0.15) is 0 Å². The van der Waals surface area contributed by atoms with Gasteiger partial charge in [-0.1, -0.05) is 12.1 Å². The van der Waals surface area contributed by atoms with Crippen LogP contribution in [0.25, 0.3) is 0 Å². The molecule has 0 aromatic heterocycles. The fourth-order valence-electron chi connectivity index (χ4n) is 2.83. The molecule has 3 aromatic rings. The van der Waals surface area contributed by atoms with Gasteiger partial charge in [0, 0.05) is 11.8 Å². The number of primary sulfonamides is 1. The number of aryl methyl sites for hydroxylation is 1. The molecule has 3 rings (SSSR count). The van der Waals surface area contributed by atoms with Crippen LogP contribution in [0, 0.1) is 6.92 Å². The summed E-state index contributed by atoms with van der Waals surface area (Å²) in [5.41, 5.74) is 1.42. The molecule has 0 bridgehead atoms. The number of methoxy groups -OCH3 is 2. The first kappa shape index (κ1) is 22.1. The Bertz CT molecular complexity index is 1220. The highest BCUT2D eigenvalue weighted by atomic mass is 32.2. The van der Waals surface area contributed by atoms with Gasteiger partial charge >= 0.3 is 0 Å². The number of carbonyl (C=O) groups is 1. The minimum Gasteiger partial charge on any atom is -0.497 e. The summed E-state index contributed by atoms with van der Waals surface area (Å²) in [4.78, 5) is 12.8. The number of nitrogens with one attached hydrogen (secondary N) is 1. The van der Waals surface area contributed by atoms with E-state index in [1.165, 1.54) is 25.3 Å². The molecule has 0 spiro atoms. The molecule has 0 aliphatic heterocycles. The molecule has 3 N–H and O–H groups in total. The molecule has 0 saturated carbocycles. The van der Waals surface area contributed by atoms with Crippen LogP contribution in [-0.4, -0.2) is 28.5 Å². The Morgan fingerprint density at radius 2 is 1.68 bits per heavy atom. The first-order valence-electron chi connectivity index (χ1n) is 9.16. The number of nitrogens with two attached hydrogens (primary N) is 1. The molecule has 3 aromatic carbocycles. The van der Waals surface area contributed by atoms with Crippen LogP contribution in [0.2, 0.25) is 0 Å². The molecule has 0 atom stereocenters. The summed E-state index contributed by atoms with van der Waals surface area (Å²) in [5.74, 6) is 1.27. The van der Waals surface area contributed by atoms with E-state index >= 15 is 0 Å². The molecule has 31 heavy (non-hydrogen) atoms. The number of amides is 1. The van der Waals surface area contributed by atoms with E-state index in [9.17, 15) is 13.2 Å². The summed E-state index contributed by atoms with van der Waals surface area (Å²) in [5, 5.41) is 7.83. The maximum absolute atomic E-state index is 12.9. The van der Waals surface area contributed by atoms with Crippen LogP contribution >= 0.6 is 0 Å². The Kier molecular flexibility index (Phi) is 6.47.